The van der Waals surface area contributed by atoms with Gasteiger partial charge in [-0.15, -0.1) is 11.3 Å². The number of pyridine rings is 1. The monoisotopic (exact) mass is 340 g/mol. The zero-order valence-corrected chi connectivity index (χ0v) is 14.5. The first kappa shape index (κ1) is 16.5. The fourth-order valence-electron chi connectivity index (χ4n) is 2.89. The summed E-state index contributed by atoms with van der Waals surface area (Å²) in [6.07, 6.45) is 1.64. The van der Waals surface area contributed by atoms with Crippen LogP contribution in [0, 0.1) is 0 Å². The summed E-state index contributed by atoms with van der Waals surface area (Å²) < 4.78 is 5.09. The van der Waals surface area contributed by atoms with Crippen LogP contribution in [0.4, 0.5) is 0 Å². The molecule has 2 aromatic heterocycles. The van der Waals surface area contributed by atoms with E-state index in [1.807, 2.05) is 24.4 Å². The van der Waals surface area contributed by atoms with Crippen molar-refractivity contribution in [3.63, 3.8) is 0 Å². The predicted molar refractivity (Wildman–Crippen MR) is 95.0 cm³/mol. The lowest BCUT2D eigenvalue weighted by atomic mass is 9.77. The SMILES string of the molecule is [B]c1csc([C@@]2(C)N=C(N)N(C)C(=O)[C@H]2c2ccc(OC)nc2)c1. The van der Waals surface area contributed by atoms with Gasteiger partial charge in [-0.2, -0.15) is 0 Å². The van der Waals surface area contributed by atoms with Gasteiger partial charge in [-0.25, -0.2) is 9.98 Å². The molecule has 0 bridgehead atoms. The summed E-state index contributed by atoms with van der Waals surface area (Å²) in [5, 5.41) is 1.83. The number of likely N-dealkylation sites (N-methyl/N-ethyl adjacent to an activating group) is 1. The summed E-state index contributed by atoms with van der Waals surface area (Å²) in [6.45, 7) is 1.89. The molecule has 1 aliphatic rings. The summed E-state index contributed by atoms with van der Waals surface area (Å²) in [4.78, 5) is 24.1. The Morgan fingerprint density at radius 2 is 2.21 bits per heavy atom. The van der Waals surface area contributed by atoms with E-state index in [9.17, 15) is 4.79 Å². The van der Waals surface area contributed by atoms with E-state index in [1.54, 1.807) is 26.4 Å². The lowest BCUT2D eigenvalue weighted by Crippen LogP contribution is -2.52. The fourth-order valence-corrected chi connectivity index (χ4v) is 3.83. The van der Waals surface area contributed by atoms with Gasteiger partial charge < -0.3 is 10.5 Å². The Kier molecular flexibility index (Phi) is 4.09. The van der Waals surface area contributed by atoms with Crippen LogP contribution in [0.1, 0.15) is 23.3 Å². The molecule has 0 saturated carbocycles. The zero-order valence-electron chi connectivity index (χ0n) is 13.7. The van der Waals surface area contributed by atoms with Gasteiger partial charge in [0.2, 0.25) is 11.8 Å². The molecule has 24 heavy (non-hydrogen) atoms. The van der Waals surface area contributed by atoms with Gasteiger partial charge in [0.15, 0.2) is 5.96 Å². The molecule has 8 heteroatoms. The van der Waals surface area contributed by atoms with Gasteiger partial charge in [0.05, 0.1) is 13.0 Å². The van der Waals surface area contributed by atoms with Crippen molar-refractivity contribution in [3.05, 3.63) is 40.2 Å². The van der Waals surface area contributed by atoms with Crippen LogP contribution in [0.5, 0.6) is 5.88 Å². The standard InChI is InChI=1S/C16H17BN4O2S/c1-16(11-6-10(17)8-24-11)13(14(22)21(2)15(18)20-16)9-4-5-12(23-3)19-7-9/h4-8,13H,1-3H3,(H2,18,20)/t13-,16-/m1/s1. The third-order valence-corrected chi connectivity index (χ3v) is 5.43. The first-order chi connectivity index (χ1) is 11.4. The van der Waals surface area contributed by atoms with Crippen molar-refractivity contribution in [1.82, 2.24) is 9.88 Å². The number of thiophene rings is 1. The molecule has 3 rings (SSSR count). The Morgan fingerprint density at radius 3 is 2.75 bits per heavy atom. The molecule has 3 heterocycles. The molecule has 122 valence electrons. The van der Waals surface area contributed by atoms with E-state index < -0.39 is 11.5 Å². The van der Waals surface area contributed by atoms with Gasteiger partial charge in [0.1, 0.15) is 13.4 Å². The number of rotatable bonds is 3. The molecule has 0 fully saturated rings. The number of hydrogen-bond acceptors (Lipinski definition) is 6. The highest BCUT2D eigenvalue weighted by molar-refractivity contribution is 7.11. The molecule has 0 aromatic carbocycles. The van der Waals surface area contributed by atoms with Crippen molar-refractivity contribution in [2.45, 2.75) is 18.4 Å². The Morgan fingerprint density at radius 1 is 1.46 bits per heavy atom. The minimum Gasteiger partial charge on any atom is -0.481 e. The lowest BCUT2D eigenvalue weighted by molar-refractivity contribution is -0.130. The number of amides is 1. The average molecular weight is 340 g/mol. The highest BCUT2D eigenvalue weighted by atomic mass is 32.1. The minimum atomic E-state index is -0.841. The van der Waals surface area contributed by atoms with Gasteiger partial charge in [-0.05, 0) is 17.9 Å². The van der Waals surface area contributed by atoms with Crippen LogP contribution in [0.15, 0.2) is 34.8 Å². The molecule has 2 N–H and O–H groups in total. The summed E-state index contributed by atoms with van der Waals surface area (Å²) in [7, 11) is 9.03. The van der Waals surface area contributed by atoms with Crippen LogP contribution in [-0.2, 0) is 10.3 Å². The highest BCUT2D eigenvalue weighted by Gasteiger charge is 2.48. The second kappa shape index (κ2) is 5.94. The van der Waals surface area contributed by atoms with Crippen LogP contribution in [0.25, 0.3) is 0 Å². The fraction of sp³-hybridized carbons (Fsp3) is 0.312. The Balaban J connectivity index is 2.16. The number of aromatic nitrogens is 1. The van der Waals surface area contributed by atoms with Crippen molar-refractivity contribution >= 4 is 36.5 Å². The largest absolute Gasteiger partial charge is 0.481 e. The second-order valence-electron chi connectivity index (χ2n) is 5.83. The minimum absolute atomic E-state index is 0.135. The van der Waals surface area contributed by atoms with E-state index in [0.29, 0.717) is 11.3 Å². The smallest absolute Gasteiger partial charge is 0.239 e. The van der Waals surface area contributed by atoms with Gasteiger partial charge >= 0.3 is 0 Å². The molecule has 0 spiro atoms. The number of ether oxygens (including phenoxy) is 1. The molecule has 0 saturated heterocycles. The molecular weight excluding hydrogens is 323 g/mol. The van der Waals surface area contributed by atoms with Crippen molar-refractivity contribution in [3.8, 4) is 5.88 Å². The molecule has 2 radical (unpaired) electrons. The number of carbonyl (C=O) groups is 1. The quantitative estimate of drug-likeness (QED) is 0.836. The third kappa shape index (κ3) is 2.56. The number of guanidine groups is 1. The van der Waals surface area contributed by atoms with Crippen LogP contribution in [0.3, 0.4) is 0 Å². The number of nitrogens with zero attached hydrogens (tertiary/aromatic N) is 3. The van der Waals surface area contributed by atoms with Gasteiger partial charge in [0.25, 0.3) is 0 Å². The summed E-state index contributed by atoms with van der Waals surface area (Å²) >= 11 is 1.46. The number of aliphatic imine (C=N–C) groups is 1. The Labute approximate surface area is 145 Å². The average Bonchev–Trinajstić information content (AvgIpc) is 3.01. The van der Waals surface area contributed by atoms with Crippen molar-refractivity contribution < 1.29 is 9.53 Å². The molecular formula is C16H17BN4O2S. The van der Waals surface area contributed by atoms with E-state index in [-0.39, 0.29) is 11.9 Å². The third-order valence-electron chi connectivity index (χ3n) is 4.25. The van der Waals surface area contributed by atoms with Crippen LogP contribution >= 0.6 is 11.3 Å². The first-order valence-electron chi connectivity index (χ1n) is 7.34. The predicted octanol–water partition coefficient (Wildman–Crippen LogP) is 0.731. The number of hydrogen-bond donors (Lipinski definition) is 1. The molecule has 2 atom stereocenters. The van der Waals surface area contributed by atoms with Crippen molar-refractivity contribution in [2.24, 2.45) is 10.7 Å². The maximum absolute atomic E-state index is 13.0. The summed E-state index contributed by atoms with van der Waals surface area (Å²) in [5.74, 6) is -0.0113. The Bertz CT molecular complexity index is 805. The van der Waals surface area contributed by atoms with Crippen molar-refractivity contribution in [1.29, 1.82) is 0 Å². The van der Waals surface area contributed by atoms with E-state index in [1.165, 1.54) is 16.2 Å². The summed E-state index contributed by atoms with van der Waals surface area (Å²) in [6, 6.07) is 5.39. The maximum atomic E-state index is 13.0. The number of carbonyl (C=O) groups excluding carboxylic acids is 1. The van der Waals surface area contributed by atoms with E-state index in [2.05, 4.69) is 9.98 Å². The van der Waals surface area contributed by atoms with E-state index in [4.69, 9.17) is 18.3 Å². The van der Waals surface area contributed by atoms with Crippen LogP contribution < -0.4 is 15.9 Å². The lowest BCUT2D eigenvalue weighted by Gasteiger charge is -2.39. The van der Waals surface area contributed by atoms with Crippen molar-refractivity contribution in [2.75, 3.05) is 14.2 Å². The van der Waals surface area contributed by atoms with Crippen LogP contribution in [-0.4, -0.2) is 43.8 Å². The topological polar surface area (TPSA) is 80.8 Å². The van der Waals surface area contributed by atoms with Gasteiger partial charge in [-0.1, -0.05) is 17.6 Å². The summed E-state index contributed by atoms with van der Waals surface area (Å²) in [5.41, 5.74) is 6.52. The molecule has 2 aromatic rings. The normalized spacial score (nSPS) is 24.0. The molecule has 6 nitrogen and oxygen atoms in total. The molecule has 1 aliphatic heterocycles. The van der Waals surface area contributed by atoms with Gasteiger partial charge in [0, 0.05) is 24.2 Å². The van der Waals surface area contributed by atoms with Gasteiger partial charge in [-0.3, -0.25) is 9.69 Å². The van der Waals surface area contributed by atoms with Crippen LogP contribution in [0.2, 0.25) is 0 Å². The zero-order chi connectivity index (χ0) is 17.5. The molecule has 0 aliphatic carbocycles. The number of methoxy groups -OCH3 is 1. The number of nitrogens with two attached hydrogens (primary N) is 1. The molecule has 1 amide bonds. The molecule has 0 unspecified atom stereocenters. The van der Waals surface area contributed by atoms with E-state index in [0.717, 1.165) is 10.4 Å². The highest BCUT2D eigenvalue weighted by Crippen LogP contribution is 2.45. The maximum Gasteiger partial charge on any atom is 0.239 e. The Hall–Kier alpha value is -2.35. The second-order valence-corrected chi connectivity index (χ2v) is 6.74. The first-order valence-corrected chi connectivity index (χ1v) is 8.22. The van der Waals surface area contributed by atoms with E-state index >= 15 is 0 Å².